The molecule has 1 saturated heterocycles. The van der Waals surface area contributed by atoms with E-state index in [-0.39, 0.29) is 5.92 Å². The number of hydrogen-bond donors (Lipinski definition) is 0. The van der Waals surface area contributed by atoms with Gasteiger partial charge in [-0.25, -0.2) is 9.59 Å². The highest BCUT2D eigenvalue weighted by molar-refractivity contribution is 5.82. The van der Waals surface area contributed by atoms with Crippen LogP contribution in [-0.2, 0) is 19.0 Å². The number of amides is 1. The first-order valence-corrected chi connectivity index (χ1v) is 6.35. The highest BCUT2D eigenvalue weighted by Gasteiger charge is 2.42. The van der Waals surface area contributed by atoms with Crippen LogP contribution < -0.4 is 0 Å². The summed E-state index contributed by atoms with van der Waals surface area (Å²) < 4.78 is 15.1. The van der Waals surface area contributed by atoms with Gasteiger partial charge in [-0.05, 0) is 27.2 Å². The number of esters is 1. The smallest absolute Gasteiger partial charge is 0.411 e. The van der Waals surface area contributed by atoms with Gasteiger partial charge >= 0.3 is 12.1 Å². The molecular formula is C13H23NO5. The first-order chi connectivity index (χ1) is 8.78. The summed E-state index contributed by atoms with van der Waals surface area (Å²) in [6, 6.07) is -0.583. The molecule has 0 bridgehead atoms. The third kappa shape index (κ3) is 4.38. The van der Waals surface area contributed by atoms with Crippen molar-refractivity contribution in [3.63, 3.8) is 0 Å². The van der Waals surface area contributed by atoms with E-state index in [0.29, 0.717) is 19.6 Å². The fraction of sp³-hybridized carbons (Fsp3) is 0.846. The van der Waals surface area contributed by atoms with Crippen molar-refractivity contribution in [1.82, 2.24) is 4.90 Å². The molecule has 1 aliphatic rings. The Morgan fingerprint density at radius 2 is 1.89 bits per heavy atom. The molecule has 0 spiro atoms. The topological polar surface area (TPSA) is 65.1 Å². The van der Waals surface area contributed by atoms with Gasteiger partial charge in [0.05, 0.1) is 13.7 Å². The van der Waals surface area contributed by atoms with Crippen LogP contribution in [0, 0.1) is 5.92 Å². The first-order valence-electron chi connectivity index (χ1n) is 6.35. The fourth-order valence-electron chi connectivity index (χ4n) is 2.16. The molecule has 0 radical (unpaired) electrons. The van der Waals surface area contributed by atoms with Crippen molar-refractivity contribution in [2.45, 2.75) is 38.8 Å². The molecule has 110 valence electrons. The second-order valence-corrected chi connectivity index (χ2v) is 5.73. The highest BCUT2D eigenvalue weighted by Crippen LogP contribution is 2.26. The minimum atomic E-state index is -0.586. The lowest BCUT2D eigenvalue weighted by Gasteiger charge is -2.27. The second kappa shape index (κ2) is 6.23. The maximum atomic E-state index is 12.1. The molecule has 1 rings (SSSR count). The third-order valence-electron chi connectivity index (χ3n) is 2.89. The van der Waals surface area contributed by atoms with Crippen LogP contribution in [0.15, 0.2) is 0 Å². The van der Waals surface area contributed by atoms with Gasteiger partial charge in [0.2, 0.25) is 0 Å². The quantitative estimate of drug-likeness (QED) is 0.728. The molecular weight excluding hydrogens is 250 g/mol. The largest absolute Gasteiger partial charge is 0.467 e. The fourth-order valence-corrected chi connectivity index (χ4v) is 2.16. The monoisotopic (exact) mass is 273 g/mol. The Labute approximate surface area is 114 Å². The Balaban J connectivity index is 2.76. The van der Waals surface area contributed by atoms with E-state index >= 15 is 0 Å². The van der Waals surface area contributed by atoms with Crippen molar-refractivity contribution in [3.8, 4) is 0 Å². The predicted molar refractivity (Wildman–Crippen MR) is 68.7 cm³/mol. The molecule has 0 saturated carbocycles. The molecule has 2 unspecified atom stereocenters. The van der Waals surface area contributed by atoms with E-state index in [1.54, 1.807) is 27.9 Å². The molecule has 1 amide bonds. The maximum Gasteiger partial charge on any atom is 0.411 e. The van der Waals surface area contributed by atoms with E-state index in [1.807, 2.05) is 0 Å². The number of ether oxygens (including phenoxy) is 3. The number of carbonyl (C=O) groups is 2. The molecule has 6 nitrogen and oxygen atoms in total. The van der Waals surface area contributed by atoms with Crippen molar-refractivity contribution in [2.24, 2.45) is 5.92 Å². The summed E-state index contributed by atoms with van der Waals surface area (Å²) in [5, 5.41) is 0. The van der Waals surface area contributed by atoms with Gasteiger partial charge < -0.3 is 14.2 Å². The maximum absolute atomic E-state index is 12.1. The molecule has 6 heteroatoms. The standard InChI is InChI=1S/C13H23NO5/c1-13(2,3)19-12(16)14-7-9(8-17-4)6-10(14)11(15)18-5/h9-10H,6-8H2,1-5H3. The van der Waals surface area contributed by atoms with E-state index in [1.165, 1.54) is 12.0 Å². The Morgan fingerprint density at radius 3 is 2.37 bits per heavy atom. The summed E-state index contributed by atoms with van der Waals surface area (Å²) in [4.78, 5) is 25.3. The number of carbonyl (C=O) groups excluding carboxylic acids is 2. The van der Waals surface area contributed by atoms with Gasteiger partial charge in [-0.3, -0.25) is 4.90 Å². The summed E-state index contributed by atoms with van der Waals surface area (Å²) in [5.74, 6) is -0.286. The molecule has 1 fully saturated rings. The van der Waals surface area contributed by atoms with Crippen LogP contribution in [0.1, 0.15) is 27.2 Å². The lowest BCUT2D eigenvalue weighted by Crippen LogP contribution is -2.43. The minimum absolute atomic E-state index is 0.126. The molecule has 2 atom stereocenters. The number of likely N-dealkylation sites (tertiary alicyclic amines) is 1. The molecule has 0 aromatic carbocycles. The van der Waals surface area contributed by atoms with Crippen LogP contribution in [-0.4, -0.2) is 56.0 Å². The average Bonchev–Trinajstić information content (AvgIpc) is 2.70. The Morgan fingerprint density at radius 1 is 1.26 bits per heavy atom. The molecule has 1 heterocycles. The highest BCUT2D eigenvalue weighted by atomic mass is 16.6. The Hall–Kier alpha value is -1.30. The molecule has 0 N–H and O–H groups in total. The second-order valence-electron chi connectivity index (χ2n) is 5.73. The number of rotatable bonds is 3. The minimum Gasteiger partial charge on any atom is -0.467 e. The van der Waals surface area contributed by atoms with Gasteiger partial charge in [0, 0.05) is 19.6 Å². The van der Waals surface area contributed by atoms with Crippen LogP contribution in [0.4, 0.5) is 4.79 Å². The summed E-state index contributed by atoms with van der Waals surface area (Å²) >= 11 is 0. The normalized spacial score (nSPS) is 23.3. The van der Waals surface area contributed by atoms with Gasteiger partial charge in [-0.2, -0.15) is 0 Å². The Bertz CT molecular complexity index is 336. The van der Waals surface area contributed by atoms with Crippen LogP contribution >= 0.6 is 0 Å². The van der Waals surface area contributed by atoms with E-state index in [2.05, 4.69) is 0 Å². The molecule has 0 aromatic heterocycles. The van der Waals surface area contributed by atoms with Gasteiger partial charge in [0.15, 0.2) is 0 Å². The van der Waals surface area contributed by atoms with Gasteiger partial charge in [0.25, 0.3) is 0 Å². The van der Waals surface area contributed by atoms with Crippen molar-refractivity contribution < 1.29 is 23.8 Å². The average molecular weight is 273 g/mol. The van der Waals surface area contributed by atoms with E-state index in [4.69, 9.17) is 14.2 Å². The summed E-state index contributed by atoms with van der Waals surface area (Å²) in [5.41, 5.74) is -0.586. The zero-order valence-electron chi connectivity index (χ0n) is 12.3. The van der Waals surface area contributed by atoms with Crippen LogP contribution in [0.25, 0.3) is 0 Å². The van der Waals surface area contributed by atoms with Gasteiger partial charge in [-0.1, -0.05) is 0 Å². The van der Waals surface area contributed by atoms with Crippen molar-refractivity contribution in [3.05, 3.63) is 0 Å². The van der Waals surface area contributed by atoms with Crippen LogP contribution in [0.5, 0.6) is 0 Å². The third-order valence-corrected chi connectivity index (χ3v) is 2.89. The summed E-state index contributed by atoms with van der Waals surface area (Å²) in [6.07, 6.45) is 0.0567. The number of methoxy groups -OCH3 is 2. The molecule has 19 heavy (non-hydrogen) atoms. The van der Waals surface area contributed by atoms with Crippen molar-refractivity contribution >= 4 is 12.1 Å². The number of hydrogen-bond acceptors (Lipinski definition) is 5. The lowest BCUT2D eigenvalue weighted by atomic mass is 10.1. The molecule has 0 aromatic rings. The zero-order chi connectivity index (χ0) is 14.6. The van der Waals surface area contributed by atoms with Gasteiger partial charge in [0.1, 0.15) is 11.6 Å². The van der Waals surface area contributed by atoms with Crippen LogP contribution in [0.3, 0.4) is 0 Å². The van der Waals surface area contributed by atoms with E-state index in [9.17, 15) is 9.59 Å². The lowest BCUT2D eigenvalue weighted by molar-refractivity contribution is -0.145. The van der Waals surface area contributed by atoms with Crippen molar-refractivity contribution in [1.29, 1.82) is 0 Å². The zero-order valence-corrected chi connectivity index (χ0v) is 12.3. The number of nitrogens with zero attached hydrogens (tertiary/aromatic N) is 1. The Kier molecular flexibility index (Phi) is 5.17. The van der Waals surface area contributed by atoms with Gasteiger partial charge in [-0.15, -0.1) is 0 Å². The summed E-state index contributed by atoms with van der Waals surface area (Å²) in [7, 11) is 2.92. The van der Waals surface area contributed by atoms with E-state index < -0.39 is 23.7 Å². The molecule has 1 aliphatic heterocycles. The first kappa shape index (κ1) is 15.8. The summed E-state index contributed by atoms with van der Waals surface area (Å²) in [6.45, 7) is 6.33. The SMILES string of the molecule is COCC1CC(C(=O)OC)N(C(=O)OC(C)(C)C)C1. The molecule has 0 aliphatic carbocycles. The van der Waals surface area contributed by atoms with E-state index in [0.717, 1.165) is 0 Å². The van der Waals surface area contributed by atoms with Crippen molar-refractivity contribution in [2.75, 3.05) is 27.4 Å². The van der Waals surface area contributed by atoms with Crippen LogP contribution in [0.2, 0.25) is 0 Å². The predicted octanol–water partition coefficient (Wildman–Crippen LogP) is 1.43.